The third-order valence-corrected chi connectivity index (χ3v) is 17.8. The molecule has 87 heavy (non-hydrogen) atoms. The predicted molar refractivity (Wildman–Crippen MR) is 311 cm³/mol. The minimum absolute atomic E-state index is 0.0205. The van der Waals surface area contributed by atoms with Gasteiger partial charge in [-0.3, -0.25) is 0 Å². The van der Waals surface area contributed by atoms with Crippen molar-refractivity contribution < 1.29 is 80.9 Å². The molecule has 4 saturated carbocycles. The zero-order chi connectivity index (χ0) is 61.6. The number of fused-ring (bicyclic) bond motifs is 4. The number of carbonyl (C=O) groups excluding carboxylic acids is 4. The number of likely N-dealkylation sites (tertiary alicyclic amines) is 3. The van der Waals surface area contributed by atoms with Gasteiger partial charge in [0.25, 0.3) is 0 Å². The van der Waals surface area contributed by atoms with E-state index in [9.17, 15) is 56.9 Å². The van der Waals surface area contributed by atoms with Gasteiger partial charge in [0.15, 0.2) is 0 Å². The molecule has 3 amide bonds. The molecule has 466 valence electrons. The number of alkyl halides is 4. The van der Waals surface area contributed by atoms with Crippen molar-refractivity contribution in [3.8, 4) is 0 Å². The lowest BCUT2D eigenvalue weighted by molar-refractivity contribution is -0.000555. The van der Waals surface area contributed by atoms with Crippen molar-refractivity contribution in [2.24, 2.45) is 47.3 Å². The van der Waals surface area contributed by atoms with Crippen LogP contribution in [0.2, 0.25) is 0 Å². The van der Waals surface area contributed by atoms with Crippen LogP contribution in [-0.2, 0) is 38.8 Å². The van der Waals surface area contributed by atoms with Gasteiger partial charge in [-0.15, -0.1) is 0 Å². The number of carboxylic acids is 1. The van der Waals surface area contributed by atoms with Gasteiger partial charge >= 0.3 is 30.2 Å². The van der Waals surface area contributed by atoms with Gasteiger partial charge in [0.2, 0.25) is 0 Å². The normalized spacial score (nSPS) is 30.2. The number of nitrogens with one attached hydrogen (secondary N) is 1. The number of benzene rings is 5. The van der Waals surface area contributed by atoms with Crippen molar-refractivity contribution in [2.45, 2.75) is 94.6 Å². The fourth-order valence-electron chi connectivity index (χ4n) is 13.2. The predicted octanol–water partition coefficient (Wildman–Crippen LogP) is 9.10. The number of carbonyl (C=O) groups is 5. The first-order chi connectivity index (χ1) is 42.0. The zero-order valence-corrected chi connectivity index (χ0v) is 48.1. The Morgan fingerprint density at radius 2 is 0.747 bits per heavy atom. The van der Waals surface area contributed by atoms with E-state index < -0.39 is 67.1 Å². The molecule has 8 fully saturated rings. The largest absolute Gasteiger partial charge is 0.478 e. The summed E-state index contributed by atoms with van der Waals surface area (Å²) < 4.78 is 75.3. The van der Waals surface area contributed by atoms with Crippen LogP contribution in [0.25, 0.3) is 0 Å². The molecule has 4 aliphatic carbocycles. The van der Waals surface area contributed by atoms with E-state index >= 15 is 0 Å². The number of hydrogen-bond donors (Lipinski definition) is 5. The fourth-order valence-corrected chi connectivity index (χ4v) is 13.2. The minimum atomic E-state index is -1.20. The lowest BCUT2D eigenvalue weighted by Crippen LogP contribution is -2.35. The standard InChI is InChI=1S/C22H22FNO4.2C15H18FNO3.C7H12FNO.C7H6O2/c23-19-11-17-12-24(22(26)27-14-15-7-3-1-4-8-15)13-18(17)20(19)28-21(25)16-9-5-2-6-10-16;2*16-13-6-11-7-17(8-12(11)14(13)18)15(19)20-9-10-4-2-1-3-5-10;8-6-1-4-2-9-3-5(4)7(6)10;8-7(9)6-4-2-1-3-5-6/h1-10,17-20H,11-14H2;2*1-5,11-14,18H,6-9H2;4-7,9-10H,1-3H2;1-5H,(H,8,9)/t17-,18+,19+,20-;11-,12+,13+,14+;11-,12+,13+,14-;4-,5+,6+,7-;/m0000./s1. The summed E-state index contributed by atoms with van der Waals surface area (Å²) in [5, 5.41) is 40.2. The number of nitrogens with zero attached hydrogens (tertiary/aromatic N) is 3. The van der Waals surface area contributed by atoms with Crippen LogP contribution in [0.5, 0.6) is 0 Å². The Bertz CT molecular complexity index is 2910. The molecule has 4 aliphatic heterocycles. The van der Waals surface area contributed by atoms with Gasteiger partial charge in [0, 0.05) is 69.5 Å². The summed E-state index contributed by atoms with van der Waals surface area (Å²) in [5.41, 5.74) is 3.51. The molecule has 0 aromatic heterocycles. The molecule has 0 spiro atoms. The number of rotatable bonds is 9. The van der Waals surface area contributed by atoms with Gasteiger partial charge in [-0.25, -0.2) is 41.5 Å². The van der Waals surface area contributed by atoms with Crippen LogP contribution in [0.3, 0.4) is 0 Å². The van der Waals surface area contributed by atoms with E-state index in [4.69, 9.17) is 24.1 Å². The first-order valence-corrected chi connectivity index (χ1v) is 29.7. The third-order valence-electron chi connectivity index (χ3n) is 17.8. The second-order valence-electron chi connectivity index (χ2n) is 23.6. The molecule has 13 rings (SSSR count). The smallest absolute Gasteiger partial charge is 0.410 e. The Morgan fingerprint density at radius 1 is 0.414 bits per heavy atom. The van der Waals surface area contributed by atoms with Crippen LogP contribution >= 0.6 is 0 Å². The van der Waals surface area contributed by atoms with E-state index in [1.807, 2.05) is 91.0 Å². The molecule has 0 radical (unpaired) electrons. The molecular weight excluding hydrogens is 1130 g/mol. The first kappa shape index (κ1) is 63.9. The van der Waals surface area contributed by atoms with Gasteiger partial charge in [-0.2, -0.15) is 0 Å². The van der Waals surface area contributed by atoms with Crippen LogP contribution in [0.1, 0.15) is 63.1 Å². The highest BCUT2D eigenvalue weighted by atomic mass is 19.1. The topological polar surface area (TPSA) is 225 Å². The highest BCUT2D eigenvalue weighted by Crippen LogP contribution is 2.43. The molecule has 5 aromatic rings. The molecule has 4 saturated heterocycles. The molecule has 5 aromatic carbocycles. The van der Waals surface area contributed by atoms with Crippen molar-refractivity contribution in [2.75, 3.05) is 52.4 Å². The summed E-state index contributed by atoms with van der Waals surface area (Å²) in [6.07, 6.45) is -7.51. The van der Waals surface area contributed by atoms with Crippen LogP contribution in [-0.4, -0.2) is 167 Å². The Morgan fingerprint density at radius 3 is 1.11 bits per heavy atom. The maximum Gasteiger partial charge on any atom is 0.410 e. The van der Waals surface area contributed by atoms with E-state index in [1.165, 1.54) is 0 Å². The van der Waals surface area contributed by atoms with Crippen molar-refractivity contribution in [3.63, 3.8) is 0 Å². The average Bonchev–Trinajstić information content (AvgIpc) is 1.94. The van der Waals surface area contributed by atoms with Crippen molar-refractivity contribution >= 4 is 30.2 Å². The van der Waals surface area contributed by atoms with Gasteiger partial charge < -0.3 is 59.4 Å². The van der Waals surface area contributed by atoms with Gasteiger partial charge in [-0.1, -0.05) is 127 Å². The summed E-state index contributed by atoms with van der Waals surface area (Å²) in [6.45, 7) is 4.87. The summed E-state index contributed by atoms with van der Waals surface area (Å²) in [4.78, 5) is 63.6. The number of aliphatic hydroxyl groups is 3. The maximum atomic E-state index is 14.5. The summed E-state index contributed by atoms with van der Waals surface area (Å²) in [6, 6.07) is 45.2. The van der Waals surface area contributed by atoms with Gasteiger partial charge in [-0.05, 0) is 96.9 Å². The van der Waals surface area contributed by atoms with E-state index in [0.717, 1.165) is 29.8 Å². The number of halogens is 4. The number of hydrogen-bond acceptors (Lipinski definition) is 13. The quantitative estimate of drug-likeness (QED) is 0.0528. The average molecular weight is 1210 g/mol. The molecule has 16 atom stereocenters. The van der Waals surface area contributed by atoms with Crippen LogP contribution < -0.4 is 5.32 Å². The number of ether oxygens (including phenoxy) is 4. The first-order valence-electron chi connectivity index (χ1n) is 29.7. The Kier molecular flexibility index (Phi) is 22.3. The zero-order valence-electron chi connectivity index (χ0n) is 48.1. The second kappa shape index (κ2) is 30.4. The van der Waals surface area contributed by atoms with Crippen LogP contribution in [0.15, 0.2) is 152 Å². The highest BCUT2D eigenvalue weighted by molar-refractivity contribution is 5.89. The molecule has 4 heterocycles. The SMILES string of the molecule is O=C(O)c1ccccc1.O=C(OCc1ccccc1)N1C[C@@H]2C[C@@H](F)[C@@H](O)[C@@H]2C1.O=C(OCc1ccccc1)N1C[C@@H]2C[C@@H](F)[C@H](O)[C@@H]2C1.O=C(O[C@H]1[C@@H]2CN(C(=O)OCc3ccccc3)C[C@@H]2C[C@H]1F)c1ccccc1.O[C@H]1[C@@H]2CNC[C@@H]2C[C@H]1F. The van der Waals surface area contributed by atoms with Gasteiger partial charge in [0.05, 0.1) is 29.4 Å². The summed E-state index contributed by atoms with van der Waals surface area (Å²) >= 11 is 0. The van der Waals surface area contributed by atoms with Crippen molar-refractivity contribution in [1.82, 2.24) is 20.0 Å². The number of carboxylic acid groups (broad SMARTS) is 1. The maximum absolute atomic E-state index is 14.5. The van der Waals surface area contributed by atoms with E-state index in [1.54, 1.807) is 75.4 Å². The number of esters is 1. The molecular formula is C66H76F4N4O13. The third kappa shape index (κ3) is 16.7. The van der Waals surface area contributed by atoms with E-state index in [0.29, 0.717) is 82.0 Å². The van der Waals surface area contributed by atoms with E-state index in [2.05, 4.69) is 5.32 Å². The van der Waals surface area contributed by atoms with Crippen molar-refractivity contribution in [1.29, 1.82) is 0 Å². The molecule has 17 nitrogen and oxygen atoms in total. The number of amides is 3. The van der Waals surface area contributed by atoms with Crippen LogP contribution in [0, 0.1) is 47.3 Å². The Hall–Kier alpha value is -7.59. The number of aromatic carboxylic acids is 1. The second-order valence-corrected chi connectivity index (χ2v) is 23.6. The van der Waals surface area contributed by atoms with E-state index in [-0.39, 0.29) is 73.4 Å². The fraction of sp³-hybridized carbons (Fsp3) is 0.470. The summed E-state index contributed by atoms with van der Waals surface area (Å²) in [7, 11) is 0. The summed E-state index contributed by atoms with van der Waals surface area (Å²) in [5.74, 6) is -1.22. The lowest BCUT2D eigenvalue weighted by Gasteiger charge is -2.22. The Balaban J connectivity index is 0.000000137. The van der Waals surface area contributed by atoms with Crippen molar-refractivity contribution in [3.05, 3.63) is 179 Å². The lowest BCUT2D eigenvalue weighted by atomic mass is 9.99. The Labute approximate surface area is 503 Å². The van der Waals surface area contributed by atoms with Gasteiger partial charge in [0.1, 0.15) is 50.6 Å². The molecule has 0 unspecified atom stereocenters. The molecule has 5 N–H and O–H groups in total. The molecule has 21 heteroatoms. The monoisotopic (exact) mass is 1210 g/mol. The van der Waals surface area contributed by atoms with Crippen LogP contribution in [0.4, 0.5) is 31.9 Å². The highest BCUT2D eigenvalue weighted by Gasteiger charge is 2.53. The number of aliphatic hydroxyl groups excluding tert-OH is 3. The minimum Gasteiger partial charge on any atom is -0.478 e. The molecule has 8 aliphatic rings. The molecule has 0 bridgehead atoms.